The quantitative estimate of drug-likeness (QED) is 0.798. The lowest BCUT2D eigenvalue weighted by Gasteiger charge is -2.31. The number of carbonyl (C=O) groups is 1. The predicted octanol–water partition coefficient (Wildman–Crippen LogP) is 3.11. The van der Waals surface area contributed by atoms with Crippen LogP contribution in [0.25, 0.3) is 11.0 Å². The first kappa shape index (κ1) is 15.9. The first-order chi connectivity index (χ1) is 12.2. The zero-order valence-electron chi connectivity index (χ0n) is 14.7. The van der Waals surface area contributed by atoms with Crippen molar-refractivity contribution in [3.8, 4) is 0 Å². The fraction of sp³-hybridized carbons (Fsp3) is 0.421. The highest BCUT2D eigenvalue weighted by molar-refractivity contribution is 5.92. The van der Waals surface area contributed by atoms with Crippen molar-refractivity contribution < 1.29 is 4.79 Å². The maximum absolute atomic E-state index is 12.8. The normalized spacial score (nSPS) is 18.0. The van der Waals surface area contributed by atoms with Gasteiger partial charge >= 0.3 is 0 Å². The maximum Gasteiger partial charge on any atom is 0.274 e. The molecule has 3 aromatic rings. The van der Waals surface area contributed by atoms with Crippen LogP contribution in [-0.4, -0.2) is 43.6 Å². The number of para-hydroxylation sites is 1. The van der Waals surface area contributed by atoms with Gasteiger partial charge in [-0.2, -0.15) is 5.10 Å². The van der Waals surface area contributed by atoms with Gasteiger partial charge in [-0.15, -0.1) is 0 Å². The number of aromatic nitrogens is 4. The van der Waals surface area contributed by atoms with Gasteiger partial charge in [-0.05, 0) is 44.4 Å². The Morgan fingerprint density at radius 3 is 3.00 bits per heavy atom. The summed E-state index contributed by atoms with van der Waals surface area (Å²) in [7, 11) is 0. The summed E-state index contributed by atoms with van der Waals surface area (Å²) in [6.45, 7) is 6.34. The molecule has 1 aliphatic heterocycles. The van der Waals surface area contributed by atoms with Gasteiger partial charge in [0.25, 0.3) is 5.91 Å². The number of aromatic amines is 1. The number of likely N-dealkylation sites (tertiary alicyclic amines) is 1. The fourth-order valence-corrected chi connectivity index (χ4v) is 3.59. The Kier molecular flexibility index (Phi) is 4.03. The molecule has 1 atom stereocenters. The van der Waals surface area contributed by atoms with Crippen LogP contribution in [0.15, 0.2) is 30.5 Å². The second-order valence-electron chi connectivity index (χ2n) is 6.74. The van der Waals surface area contributed by atoms with Crippen LogP contribution in [0.1, 0.15) is 47.6 Å². The first-order valence-corrected chi connectivity index (χ1v) is 8.93. The Bertz CT molecular complexity index is 910. The summed E-state index contributed by atoms with van der Waals surface area (Å²) in [4.78, 5) is 22.9. The minimum atomic E-state index is 0.0178. The third-order valence-corrected chi connectivity index (χ3v) is 5.01. The van der Waals surface area contributed by atoms with Crippen LogP contribution in [0.3, 0.4) is 0 Å². The molecule has 0 radical (unpaired) electrons. The number of hydrogen-bond donors (Lipinski definition) is 1. The van der Waals surface area contributed by atoms with E-state index < -0.39 is 0 Å². The average molecular weight is 337 g/mol. The Balaban J connectivity index is 1.55. The van der Waals surface area contributed by atoms with Crippen molar-refractivity contribution in [2.45, 2.75) is 39.2 Å². The van der Waals surface area contributed by atoms with E-state index in [1.807, 2.05) is 24.1 Å². The summed E-state index contributed by atoms with van der Waals surface area (Å²) in [5, 5.41) is 4.35. The number of fused-ring (bicyclic) bond motifs is 1. The minimum absolute atomic E-state index is 0.0178. The van der Waals surface area contributed by atoms with Gasteiger partial charge in [0.2, 0.25) is 0 Å². The second-order valence-corrected chi connectivity index (χ2v) is 6.74. The molecule has 3 heterocycles. The summed E-state index contributed by atoms with van der Waals surface area (Å²) in [5.74, 6) is 1.25. The van der Waals surface area contributed by atoms with Gasteiger partial charge in [0.05, 0.1) is 11.0 Å². The molecule has 1 saturated heterocycles. The zero-order chi connectivity index (χ0) is 17.4. The zero-order valence-corrected chi connectivity index (χ0v) is 14.7. The van der Waals surface area contributed by atoms with Crippen molar-refractivity contribution in [3.05, 3.63) is 47.5 Å². The van der Waals surface area contributed by atoms with Crippen molar-refractivity contribution in [2.75, 3.05) is 13.1 Å². The number of H-pyrrole nitrogens is 1. The molecule has 0 unspecified atom stereocenters. The number of rotatable bonds is 3. The van der Waals surface area contributed by atoms with Gasteiger partial charge < -0.3 is 9.88 Å². The molecule has 1 aromatic carbocycles. The van der Waals surface area contributed by atoms with Crippen LogP contribution in [0, 0.1) is 6.92 Å². The van der Waals surface area contributed by atoms with Crippen molar-refractivity contribution in [3.63, 3.8) is 0 Å². The van der Waals surface area contributed by atoms with Crippen molar-refractivity contribution in [2.24, 2.45) is 0 Å². The van der Waals surface area contributed by atoms with E-state index in [9.17, 15) is 4.79 Å². The van der Waals surface area contributed by atoms with Crippen LogP contribution in [0.5, 0.6) is 0 Å². The highest BCUT2D eigenvalue weighted by Gasteiger charge is 2.28. The number of aryl methyl sites for hydroxylation is 2. The molecule has 0 bridgehead atoms. The number of hydrogen-bond acceptors (Lipinski definition) is 3. The highest BCUT2D eigenvalue weighted by Crippen LogP contribution is 2.28. The van der Waals surface area contributed by atoms with E-state index in [1.54, 1.807) is 10.7 Å². The lowest BCUT2D eigenvalue weighted by Crippen LogP contribution is -2.39. The molecule has 1 N–H and O–H groups in total. The van der Waals surface area contributed by atoms with E-state index in [4.69, 9.17) is 4.98 Å². The lowest BCUT2D eigenvalue weighted by molar-refractivity contribution is 0.0698. The van der Waals surface area contributed by atoms with E-state index in [0.717, 1.165) is 42.8 Å². The van der Waals surface area contributed by atoms with Crippen LogP contribution >= 0.6 is 0 Å². The highest BCUT2D eigenvalue weighted by atomic mass is 16.2. The molecular formula is C19H23N5O. The number of imidazole rings is 1. The molecule has 1 amide bonds. The molecule has 0 spiro atoms. The number of amides is 1. The van der Waals surface area contributed by atoms with E-state index in [1.165, 1.54) is 5.56 Å². The third kappa shape index (κ3) is 2.92. The van der Waals surface area contributed by atoms with Crippen LogP contribution in [0.4, 0.5) is 0 Å². The minimum Gasteiger partial charge on any atom is -0.342 e. The van der Waals surface area contributed by atoms with Gasteiger partial charge in [0.1, 0.15) is 11.5 Å². The summed E-state index contributed by atoms with van der Waals surface area (Å²) in [6.07, 6.45) is 3.89. The van der Waals surface area contributed by atoms with Gasteiger partial charge in [-0.1, -0.05) is 12.1 Å². The SMILES string of the molecule is CCn1ccc(C(=O)N2CCC[C@H](c3nc4c(C)cccc4[nH]3)C2)n1. The average Bonchev–Trinajstić information content (AvgIpc) is 3.29. The number of piperidine rings is 1. The summed E-state index contributed by atoms with van der Waals surface area (Å²) in [5.41, 5.74) is 3.81. The molecule has 25 heavy (non-hydrogen) atoms. The summed E-state index contributed by atoms with van der Waals surface area (Å²) < 4.78 is 1.79. The summed E-state index contributed by atoms with van der Waals surface area (Å²) in [6, 6.07) is 7.98. The van der Waals surface area contributed by atoms with Crippen LogP contribution < -0.4 is 0 Å². The lowest BCUT2D eigenvalue weighted by atomic mass is 9.97. The molecule has 130 valence electrons. The van der Waals surface area contributed by atoms with Crippen molar-refractivity contribution >= 4 is 16.9 Å². The van der Waals surface area contributed by atoms with E-state index >= 15 is 0 Å². The summed E-state index contributed by atoms with van der Waals surface area (Å²) >= 11 is 0. The molecule has 6 nitrogen and oxygen atoms in total. The maximum atomic E-state index is 12.8. The van der Waals surface area contributed by atoms with Crippen LogP contribution in [0.2, 0.25) is 0 Å². The largest absolute Gasteiger partial charge is 0.342 e. The molecule has 1 aliphatic rings. The van der Waals surface area contributed by atoms with Gasteiger partial charge in [0, 0.05) is 31.7 Å². The van der Waals surface area contributed by atoms with Crippen molar-refractivity contribution in [1.82, 2.24) is 24.6 Å². The Morgan fingerprint density at radius 1 is 1.36 bits per heavy atom. The fourth-order valence-electron chi connectivity index (χ4n) is 3.59. The van der Waals surface area contributed by atoms with Gasteiger partial charge in [0.15, 0.2) is 0 Å². The molecule has 6 heteroatoms. The molecule has 4 rings (SSSR count). The van der Waals surface area contributed by atoms with E-state index in [2.05, 4.69) is 29.1 Å². The standard InChI is InChI=1S/C19H23N5O/c1-3-24-11-9-16(22-24)19(25)23-10-5-7-14(12-23)18-20-15-8-4-6-13(2)17(15)21-18/h4,6,8-9,11,14H,3,5,7,10,12H2,1-2H3,(H,20,21)/t14-/m0/s1. The Morgan fingerprint density at radius 2 is 2.24 bits per heavy atom. The topological polar surface area (TPSA) is 66.8 Å². The number of benzene rings is 1. The van der Waals surface area contributed by atoms with Crippen LogP contribution in [-0.2, 0) is 6.54 Å². The second kappa shape index (κ2) is 6.35. The monoisotopic (exact) mass is 337 g/mol. The molecule has 1 fully saturated rings. The predicted molar refractivity (Wildman–Crippen MR) is 96.6 cm³/mol. The Labute approximate surface area is 146 Å². The molecule has 0 saturated carbocycles. The smallest absolute Gasteiger partial charge is 0.274 e. The van der Waals surface area contributed by atoms with Gasteiger partial charge in [-0.3, -0.25) is 9.48 Å². The molecule has 0 aliphatic carbocycles. The number of carbonyl (C=O) groups excluding carboxylic acids is 1. The van der Waals surface area contributed by atoms with Gasteiger partial charge in [-0.25, -0.2) is 4.98 Å². The number of nitrogens with zero attached hydrogens (tertiary/aromatic N) is 4. The first-order valence-electron chi connectivity index (χ1n) is 8.93. The number of nitrogens with one attached hydrogen (secondary N) is 1. The molecule has 2 aromatic heterocycles. The van der Waals surface area contributed by atoms with E-state index in [0.29, 0.717) is 12.2 Å². The Hall–Kier alpha value is -2.63. The molecular weight excluding hydrogens is 314 g/mol. The van der Waals surface area contributed by atoms with Crippen molar-refractivity contribution in [1.29, 1.82) is 0 Å². The third-order valence-electron chi connectivity index (χ3n) is 5.01. The van der Waals surface area contributed by atoms with E-state index in [-0.39, 0.29) is 11.8 Å².